The molecule has 1 atom stereocenters. The predicted octanol–water partition coefficient (Wildman–Crippen LogP) is 1.05. The van der Waals surface area contributed by atoms with Gasteiger partial charge in [0.2, 0.25) is 10.0 Å². The third-order valence-corrected chi connectivity index (χ3v) is 4.19. The Kier molecular flexibility index (Phi) is 7.40. The van der Waals surface area contributed by atoms with Crippen molar-refractivity contribution >= 4 is 10.0 Å². The zero-order valence-corrected chi connectivity index (χ0v) is 13.1. The Hall–Kier alpha value is -1.39. The van der Waals surface area contributed by atoms with E-state index in [1.807, 2.05) is 24.3 Å². The average Bonchev–Trinajstić information content (AvgIpc) is 2.45. The number of ether oxygens (including phenoxy) is 1. The van der Waals surface area contributed by atoms with E-state index < -0.39 is 10.0 Å². The van der Waals surface area contributed by atoms with Crippen LogP contribution in [0, 0.1) is 11.8 Å². The zero-order chi connectivity index (χ0) is 15.7. The molecule has 1 aromatic carbocycles. The van der Waals surface area contributed by atoms with Gasteiger partial charge < -0.3 is 9.84 Å². The van der Waals surface area contributed by atoms with Gasteiger partial charge in [-0.3, -0.25) is 0 Å². The third-order valence-electron chi connectivity index (χ3n) is 2.77. The van der Waals surface area contributed by atoms with E-state index in [-0.39, 0.29) is 25.0 Å². The lowest BCUT2D eigenvalue weighted by Gasteiger charge is -2.14. The number of hydrogen-bond acceptors (Lipinski definition) is 4. The summed E-state index contributed by atoms with van der Waals surface area (Å²) >= 11 is 0. The first kappa shape index (κ1) is 17.7. The molecule has 6 heteroatoms. The van der Waals surface area contributed by atoms with Crippen molar-refractivity contribution in [2.24, 2.45) is 0 Å². The van der Waals surface area contributed by atoms with E-state index in [0.29, 0.717) is 6.42 Å². The minimum Gasteiger partial charge on any atom is -0.395 e. The molecule has 0 aromatic heterocycles. The normalized spacial score (nSPS) is 12.5. The second kappa shape index (κ2) is 8.80. The number of rotatable bonds is 7. The quantitative estimate of drug-likeness (QED) is 0.738. The number of benzene rings is 1. The molecule has 0 saturated carbocycles. The molecule has 0 heterocycles. The zero-order valence-electron chi connectivity index (χ0n) is 12.3. The maximum absolute atomic E-state index is 11.8. The molecule has 0 fully saturated rings. The van der Waals surface area contributed by atoms with Gasteiger partial charge in [-0.15, -0.1) is 0 Å². The molecule has 0 radical (unpaired) electrons. The first-order chi connectivity index (χ1) is 9.98. The maximum Gasteiger partial charge on any atom is 0.214 e. The molecular weight excluding hydrogens is 290 g/mol. The number of hydrogen-bond donors (Lipinski definition) is 2. The summed E-state index contributed by atoms with van der Waals surface area (Å²) in [5.74, 6) is 5.70. The van der Waals surface area contributed by atoms with E-state index in [4.69, 9.17) is 9.84 Å². The molecule has 0 spiro atoms. The second-order valence-corrected chi connectivity index (χ2v) is 6.43. The van der Waals surface area contributed by atoms with E-state index >= 15 is 0 Å². The SMILES string of the molecule is COCCS(=O)(=O)NC(C)c1cccc(C#CCCO)c1. The minimum absolute atomic E-state index is 0.0302. The van der Waals surface area contributed by atoms with Gasteiger partial charge in [0.25, 0.3) is 0 Å². The second-order valence-electron chi connectivity index (χ2n) is 4.55. The molecule has 0 aliphatic rings. The Morgan fingerprint density at radius 3 is 2.86 bits per heavy atom. The topological polar surface area (TPSA) is 75.6 Å². The van der Waals surface area contributed by atoms with Gasteiger partial charge in [-0.05, 0) is 24.6 Å². The van der Waals surface area contributed by atoms with E-state index in [2.05, 4.69) is 16.6 Å². The average molecular weight is 311 g/mol. The van der Waals surface area contributed by atoms with Crippen LogP contribution >= 0.6 is 0 Å². The van der Waals surface area contributed by atoms with Crippen LogP contribution in [0.15, 0.2) is 24.3 Å². The van der Waals surface area contributed by atoms with Gasteiger partial charge in [0, 0.05) is 25.1 Å². The van der Waals surface area contributed by atoms with Crippen LogP contribution in [-0.2, 0) is 14.8 Å². The Morgan fingerprint density at radius 2 is 2.19 bits per heavy atom. The smallest absolute Gasteiger partial charge is 0.214 e. The Balaban J connectivity index is 2.77. The van der Waals surface area contributed by atoms with Crippen LogP contribution in [0.2, 0.25) is 0 Å². The van der Waals surface area contributed by atoms with Crippen molar-refractivity contribution in [2.75, 3.05) is 26.1 Å². The van der Waals surface area contributed by atoms with Gasteiger partial charge in [-0.2, -0.15) is 0 Å². The standard InChI is InChI=1S/C15H21NO4S/c1-13(16-21(18,19)11-10-20-2)15-8-5-7-14(12-15)6-3-4-9-17/h5,7-8,12-13,16-17H,4,9-11H2,1-2H3. The largest absolute Gasteiger partial charge is 0.395 e. The summed E-state index contributed by atoms with van der Waals surface area (Å²) in [6, 6.07) is 7.03. The molecule has 0 aliphatic carbocycles. The molecule has 5 nitrogen and oxygen atoms in total. The Bertz CT molecular complexity index is 602. The lowest BCUT2D eigenvalue weighted by molar-refractivity contribution is 0.216. The molecule has 116 valence electrons. The van der Waals surface area contributed by atoms with Gasteiger partial charge in [0.15, 0.2) is 0 Å². The maximum atomic E-state index is 11.8. The Labute approximate surface area is 126 Å². The van der Waals surface area contributed by atoms with Gasteiger partial charge in [0.1, 0.15) is 0 Å². The van der Waals surface area contributed by atoms with Crippen LogP contribution in [0.25, 0.3) is 0 Å². The molecule has 0 saturated heterocycles. The summed E-state index contributed by atoms with van der Waals surface area (Å²) in [6.07, 6.45) is 0.420. The summed E-state index contributed by atoms with van der Waals surface area (Å²) in [5, 5.41) is 8.70. The molecule has 1 unspecified atom stereocenters. The minimum atomic E-state index is -3.37. The highest BCUT2D eigenvalue weighted by Gasteiger charge is 2.15. The number of sulfonamides is 1. The van der Waals surface area contributed by atoms with Gasteiger partial charge in [-0.25, -0.2) is 13.1 Å². The van der Waals surface area contributed by atoms with E-state index in [1.165, 1.54) is 7.11 Å². The number of nitrogens with one attached hydrogen (secondary N) is 1. The predicted molar refractivity (Wildman–Crippen MR) is 82.2 cm³/mol. The van der Waals surface area contributed by atoms with Crippen LogP contribution in [0.5, 0.6) is 0 Å². The third kappa shape index (κ3) is 6.74. The van der Waals surface area contributed by atoms with Crippen LogP contribution < -0.4 is 4.72 Å². The summed E-state index contributed by atoms with van der Waals surface area (Å²) in [6.45, 7) is 1.97. The van der Waals surface area contributed by atoms with Crippen LogP contribution in [-0.4, -0.2) is 39.6 Å². The fourth-order valence-electron chi connectivity index (χ4n) is 1.70. The highest BCUT2D eigenvalue weighted by atomic mass is 32.2. The van der Waals surface area contributed by atoms with Crippen molar-refractivity contribution < 1.29 is 18.3 Å². The lowest BCUT2D eigenvalue weighted by atomic mass is 10.1. The van der Waals surface area contributed by atoms with Crippen LogP contribution in [0.3, 0.4) is 0 Å². The summed E-state index contributed by atoms with van der Waals surface area (Å²) in [7, 11) is -1.90. The molecule has 21 heavy (non-hydrogen) atoms. The molecule has 1 rings (SSSR count). The fourth-order valence-corrected chi connectivity index (χ4v) is 2.87. The van der Waals surface area contributed by atoms with E-state index in [9.17, 15) is 8.42 Å². The van der Waals surface area contributed by atoms with Crippen molar-refractivity contribution in [2.45, 2.75) is 19.4 Å². The monoisotopic (exact) mass is 311 g/mol. The summed E-state index contributed by atoms with van der Waals surface area (Å²) in [4.78, 5) is 0. The van der Waals surface area contributed by atoms with Gasteiger partial charge in [-0.1, -0.05) is 24.0 Å². The molecule has 0 bridgehead atoms. The van der Waals surface area contributed by atoms with Crippen molar-refractivity contribution in [3.05, 3.63) is 35.4 Å². The summed E-state index contributed by atoms with van der Waals surface area (Å²) < 4.78 is 31.0. The van der Waals surface area contributed by atoms with Gasteiger partial charge in [0.05, 0.1) is 19.0 Å². The molecular formula is C15H21NO4S. The van der Waals surface area contributed by atoms with Crippen molar-refractivity contribution in [1.29, 1.82) is 0 Å². The number of aliphatic hydroxyl groups is 1. The van der Waals surface area contributed by atoms with Gasteiger partial charge >= 0.3 is 0 Å². The highest BCUT2D eigenvalue weighted by molar-refractivity contribution is 7.89. The molecule has 0 aliphatic heterocycles. The van der Waals surface area contributed by atoms with Crippen LogP contribution in [0.1, 0.15) is 30.5 Å². The number of methoxy groups -OCH3 is 1. The van der Waals surface area contributed by atoms with E-state index in [1.54, 1.807) is 6.92 Å². The highest BCUT2D eigenvalue weighted by Crippen LogP contribution is 2.15. The molecule has 0 amide bonds. The number of aliphatic hydroxyl groups excluding tert-OH is 1. The first-order valence-corrected chi connectivity index (χ1v) is 8.32. The van der Waals surface area contributed by atoms with Crippen LogP contribution in [0.4, 0.5) is 0 Å². The summed E-state index contributed by atoms with van der Waals surface area (Å²) in [5.41, 5.74) is 1.63. The first-order valence-electron chi connectivity index (χ1n) is 6.67. The van der Waals surface area contributed by atoms with Crippen molar-refractivity contribution in [3.63, 3.8) is 0 Å². The molecule has 2 N–H and O–H groups in total. The lowest BCUT2D eigenvalue weighted by Crippen LogP contribution is -2.30. The van der Waals surface area contributed by atoms with E-state index in [0.717, 1.165) is 11.1 Å². The fraction of sp³-hybridized carbons (Fsp3) is 0.467. The van der Waals surface area contributed by atoms with Crippen molar-refractivity contribution in [3.8, 4) is 11.8 Å². The Morgan fingerprint density at radius 1 is 1.43 bits per heavy atom. The van der Waals surface area contributed by atoms with Crippen molar-refractivity contribution in [1.82, 2.24) is 4.72 Å². The molecule has 1 aromatic rings.